The smallest absolute Gasteiger partial charge is 0.276 e. The molecule has 1 unspecified atom stereocenters. The topological polar surface area (TPSA) is 94.5 Å². The molecule has 1 aromatic carbocycles. The minimum absolute atomic E-state index is 0.104. The molecule has 0 spiro atoms. The van der Waals surface area contributed by atoms with E-state index >= 15 is 0 Å². The molecule has 3 heterocycles. The first-order valence-corrected chi connectivity index (χ1v) is 10.2. The third kappa shape index (κ3) is 4.53. The van der Waals surface area contributed by atoms with Gasteiger partial charge in [0.05, 0.1) is 5.56 Å². The van der Waals surface area contributed by atoms with Crippen molar-refractivity contribution in [2.24, 2.45) is 5.92 Å². The van der Waals surface area contributed by atoms with Crippen LogP contribution >= 0.6 is 0 Å². The maximum absolute atomic E-state index is 13.1. The number of aromatic nitrogens is 3. The molecule has 3 aromatic rings. The first-order valence-electron chi connectivity index (χ1n) is 10.2. The second kappa shape index (κ2) is 8.69. The predicted molar refractivity (Wildman–Crippen MR) is 108 cm³/mol. The van der Waals surface area contributed by atoms with Crippen LogP contribution in [0, 0.1) is 26.7 Å². The average Bonchev–Trinajstić information content (AvgIpc) is 3.45. The lowest BCUT2D eigenvalue weighted by Crippen LogP contribution is -2.30. The summed E-state index contributed by atoms with van der Waals surface area (Å²) in [5.74, 6) is 2.97. The molecule has 1 saturated heterocycles. The molecule has 4 rings (SSSR count). The van der Waals surface area contributed by atoms with Gasteiger partial charge in [-0.1, -0.05) is 22.4 Å². The maximum atomic E-state index is 13.1. The van der Waals surface area contributed by atoms with Gasteiger partial charge in [0, 0.05) is 26.4 Å². The van der Waals surface area contributed by atoms with E-state index < -0.39 is 0 Å². The van der Waals surface area contributed by atoms with Crippen LogP contribution in [0.5, 0.6) is 5.75 Å². The summed E-state index contributed by atoms with van der Waals surface area (Å²) >= 11 is 0. The number of nitrogens with zero attached hydrogens (tertiary/aromatic N) is 4. The van der Waals surface area contributed by atoms with Gasteiger partial charge in [0.25, 0.3) is 5.91 Å². The standard InChI is InChI=1S/C22H26N4O4/c1-14-5-4-6-18(11-14)28-13-19-15(2)29-25-21(19)22(27)26-10-9-17(12-26)7-8-20-23-16(3)30-24-20/h4-6,11,17H,7-10,12-13H2,1-3H3. The van der Waals surface area contributed by atoms with Gasteiger partial charge in [0.2, 0.25) is 5.89 Å². The van der Waals surface area contributed by atoms with Gasteiger partial charge in [0.15, 0.2) is 11.5 Å². The van der Waals surface area contributed by atoms with Gasteiger partial charge in [-0.15, -0.1) is 0 Å². The van der Waals surface area contributed by atoms with Crippen molar-refractivity contribution >= 4 is 5.91 Å². The Hall–Kier alpha value is -3.16. The Kier molecular flexibility index (Phi) is 5.83. The fourth-order valence-corrected chi connectivity index (χ4v) is 3.77. The van der Waals surface area contributed by atoms with Crippen molar-refractivity contribution in [1.82, 2.24) is 20.2 Å². The molecular formula is C22H26N4O4. The van der Waals surface area contributed by atoms with Crippen LogP contribution in [0.3, 0.4) is 0 Å². The Morgan fingerprint density at radius 1 is 1.23 bits per heavy atom. The minimum atomic E-state index is -0.104. The van der Waals surface area contributed by atoms with Crippen LogP contribution < -0.4 is 4.74 Å². The van der Waals surface area contributed by atoms with Gasteiger partial charge in [-0.25, -0.2) is 0 Å². The number of amides is 1. The van der Waals surface area contributed by atoms with Gasteiger partial charge in [-0.2, -0.15) is 4.98 Å². The monoisotopic (exact) mass is 410 g/mol. The number of rotatable bonds is 7. The highest BCUT2D eigenvalue weighted by Crippen LogP contribution is 2.25. The highest BCUT2D eigenvalue weighted by Gasteiger charge is 2.31. The van der Waals surface area contributed by atoms with Gasteiger partial charge < -0.3 is 18.7 Å². The Bertz CT molecular complexity index is 1030. The number of likely N-dealkylation sites (tertiary alicyclic amines) is 1. The molecule has 1 fully saturated rings. The van der Waals surface area contributed by atoms with Crippen molar-refractivity contribution in [3.8, 4) is 5.75 Å². The van der Waals surface area contributed by atoms with Crippen molar-refractivity contribution in [2.75, 3.05) is 13.1 Å². The molecule has 0 aliphatic carbocycles. The van der Waals surface area contributed by atoms with Gasteiger partial charge >= 0.3 is 0 Å². The molecule has 8 heteroatoms. The molecule has 30 heavy (non-hydrogen) atoms. The summed E-state index contributed by atoms with van der Waals surface area (Å²) in [6.07, 6.45) is 2.63. The Labute approximate surface area is 175 Å². The number of benzene rings is 1. The zero-order valence-corrected chi connectivity index (χ0v) is 17.6. The highest BCUT2D eigenvalue weighted by molar-refractivity contribution is 5.94. The number of hydrogen-bond donors (Lipinski definition) is 0. The van der Waals surface area contributed by atoms with E-state index in [-0.39, 0.29) is 12.5 Å². The molecule has 158 valence electrons. The van der Waals surface area contributed by atoms with E-state index in [1.807, 2.05) is 36.1 Å². The summed E-state index contributed by atoms with van der Waals surface area (Å²) in [5.41, 5.74) is 2.16. The molecule has 1 atom stereocenters. The van der Waals surface area contributed by atoms with Crippen molar-refractivity contribution in [3.63, 3.8) is 0 Å². The molecule has 0 N–H and O–H groups in total. The average molecular weight is 410 g/mol. The van der Waals surface area contributed by atoms with Crippen molar-refractivity contribution < 1.29 is 18.6 Å². The highest BCUT2D eigenvalue weighted by atomic mass is 16.5. The van der Waals surface area contributed by atoms with Crippen molar-refractivity contribution in [2.45, 2.75) is 46.6 Å². The quantitative estimate of drug-likeness (QED) is 0.587. The van der Waals surface area contributed by atoms with Crippen LogP contribution in [0.1, 0.15) is 51.9 Å². The lowest BCUT2D eigenvalue weighted by molar-refractivity contribution is 0.0774. The van der Waals surface area contributed by atoms with Crippen molar-refractivity contribution in [1.29, 1.82) is 0 Å². The SMILES string of the molecule is Cc1cccc(OCc2c(C(=O)N3CCC(CCc4noc(C)n4)C3)noc2C)c1. The fraction of sp³-hybridized carbons (Fsp3) is 0.455. The van der Waals surface area contributed by atoms with Gasteiger partial charge in [-0.3, -0.25) is 4.79 Å². The van der Waals surface area contributed by atoms with E-state index in [0.29, 0.717) is 41.9 Å². The molecule has 1 aliphatic rings. The molecule has 0 radical (unpaired) electrons. The normalized spacial score (nSPS) is 16.2. The minimum Gasteiger partial charge on any atom is -0.489 e. The molecule has 0 saturated carbocycles. The zero-order chi connectivity index (χ0) is 21.1. The Balaban J connectivity index is 1.36. The summed E-state index contributed by atoms with van der Waals surface area (Å²) in [6, 6.07) is 7.81. The Morgan fingerprint density at radius 3 is 2.87 bits per heavy atom. The van der Waals surface area contributed by atoms with Crippen molar-refractivity contribution in [3.05, 3.63) is 58.6 Å². The number of carbonyl (C=O) groups is 1. The Morgan fingerprint density at radius 2 is 2.10 bits per heavy atom. The van der Waals surface area contributed by atoms with Crippen LogP contribution in [-0.4, -0.2) is 39.2 Å². The first-order chi connectivity index (χ1) is 14.5. The predicted octanol–water partition coefficient (Wildman–Crippen LogP) is 3.66. The van der Waals surface area contributed by atoms with Crippen LogP contribution in [0.25, 0.3) is 0 Å². The second-order valence-corrected chi connectivity index (χ2v) is 7.85. The lowest BCUT2D eigenvalue weighted by Gasteiger charge is -2.16. The molecular weight excluding hydrogens is 384 g/mol. The third-order valence-electron chi connectivity index (χ3n) is 5.48. The number of hydrogen-bond acceptors (Lipinski definition) is 7. The largest absolute Gasteiger partial charge is 0.489 e. The molecule has 1 amide bonds. The van der Waals surface area contributed by atoms with E-state index in [2.05, 4.69) is 15.3 Å². The molecule has 0 bridgehead atoms. The van der Waals surface area contributed by atoms with Crippen LogP contribution in [0.2, 0.25) is 0 Å². The zero-order valence-electron chi connectivity index (χ0n) is 17.6. The summed E-state index contributed by atoms with van der Waals surface area (Å²) in [4.78, 5) is 19.2. The van der Waals surface area contributed by atoms with E-state index in [9.17, 15) is 4.79 Å². The van der Waals surface area contributed by atoms with Crippen LogP contribution in [0.4, 0.5) is 0 Å². The van der Waals surface area contributed by atoms with Crippen LogP contribution in [-0.2, 0) is 13.0 Å². The third-order valence-corrected chi connectivity index (χ3v) is 5.48. The second-order valence-electron chi connectivity index (χ2n) is 7.85. The van der Waals surface area contributed by atoms with Gasteiger partial charge in [0.1, 0.15) is 18.1 Å². The fourth-order valence-electron chi connectivity index (χ4n) is 3.77. The van der Waals surface area contributed by atoms with E-state index in [1.165, 1.54) is 0 Å². The number of carbonyl (C=O) groups excluding carboxylic acids is 1. The van der Waals surface area contributed by atoms with E-state index in [4.69, 9.17) is 13.8 Å². The molecule has 1 aliphatic heterocycles. The summed E-state index contributed by atoms with van der Waals surface area (Å²) in [5, 5.41) is 7.97. The van der Waals surface area contributed by atoms with Gasteiger partial charge in [-0.05, 0) is 50.3 Å². The van der Waals surface area contributed by atoms with E-state index in [1.54, 1.807) is 13.8 Å². The summed E-state index contributed by atoms with van der Waals surface area (Å²) < 4.78 is 16.2. The molecule has 8 nitrogen and oxygen atoms in total. The first kappa shape index (κ1) is 20.1. The number of aryl methyl sites for hydroxylation is 4. The summed E-state index contributed by atoms with van der Waals surface area (Å²) in [6.45, 7) is 7.24. The van der Waals surface area contributed by atoms with Crippen LogP contribution in [0.15, 0.2) is 33.3 Å². The molecule has 2 aromatic heterocycles. The van der Waals surface area contributed by atoms with E-state index in [0.717, 1.165) is 36.4 Å². The lowest BCUT2D eigenvalue weighted by atomic mass is 10.0. The summed E-state index contributed by atoms with van der Waals surface area (Å²) in [7, 11) is 0. The maximum Gasteiger partial charge on any atom is 0.276 e. The number of ether oxygens (including phenoxy) is 1.